The smallest absolute Gasteiger partial charge is 0.254 e. The second-order valence-electron chi connectivity index (χ2n) is 7.18. The summed E-state index contributed by atoms with van der Waals surface area (Å²) in [5.41, 5.74) is 5.43. The quantitative estimate of drug-likeness (QED) is 0.699. The number of hydrogen-bond acceptors (Lipinski definition) is 4. The average Bonchev–Trinajstić information content (AvgIpc) is 3.15. The first kappa shape index (κ1) is 17.5. The van der Waals surface area contributed by atoms with Crippen LogP contribution >= 0.6 is 0 Å². The second-order valence-corrected chi connectivity index (χ2v) is 7.18. The van der Waals surface area contributed by atoms with Crippen molar-refractivity contribution in [2.45, 2.75) is 39.2 Å². The Hall–Kier alpha value is -2.95. The van der Waals surface area contributed by atoms with E-state index in [1.54, 1.807) is 11.9 Å². The van der Waals surface area contributed by atoms with E-state index in [1.807, 2.05) is 43.3 Å². The van der Waals surface area contributed by atoms with Gasteiger partial charge in [-0.1, -0.05) is 35.5 Å². The Morgan fingerprint density at radius 3 is 2.70 bits per heavy atom. The van der Waals surface area contributed by atoms with E-state index in [4.69, 9.17) is 4.52 Å². The van der Waals surface area contributed by atoms with Crippen molar-refractivity contribution >= 4 is 5.91 Å². The van der Waals surface area contributed by atoms with Gasteiger partial charge >= 0.3 is 0 Å². The van der Waals surface area contributed by atoms with E-state index in [0.29, 0.717) is 11.7 Å². The molecule has 5 nitrogen and oxygen atoms in total. The molecule has 0 bridgehead atoms. The van der Waals surface area contributed by atoms with Crippen molar-refractivity contribution in [1.29, 1.82) is 0 Å². The van der Waals surface area contributed by atoms with Gasteiger partial charge in [0.15, 0.2) is 0 Å². The molecule has 0 aliphatic heterocycles. The molecule has 5 heteroatoms. The van der Waals surface area contributed by atoms with Gasteiger partial charge in [-0.3, -0.25) is 4.79 Å². The first-order chi connectivity index (χ1) is 13.1. The van der Waals surface area contributed by atoms with E-state index in [2.05, 4.69) is 16.2 Å². The van der Waals surface area contributed by atoms with Crippen molar-refractivity contribution in [2.75, 3.05) is 7.05 Å². The maximum absolute atomic E-state index is 12.8. The number of benzene rings is 2. The molecule has 2 aromatic carbocycles. The van der Waals surface area contributed by atoms with Crippen LogP contribution in [0.5, 0.6) is 0 Å². The second kappa shape index (κ2) is 7.35. The average molecular weight is 361 g/mol. The molecule has 0 atom stereocenters. The minimum atomic E-state index is -0.0287. The van der Waals surface area contributed by atoms with Crippen molar-refractivity contribution in [3.8, 4) is 11.4 Å². The number of rotatable bonds is 4. The number of aromatic nitrogens is 2. The molecule has 4 rings (SSSR count). The molecular formula is C22H23N3O2. The number of hydrogen-bond donors (Lipinski definition) is 0. The first-order valence-corrected chi connectivity index (χ1v) is 9.37. The zero-order valence-electron chi connectivity index (χ0n) is 15.7. The van der Waals surface area contributed by atoms with Gasteiger partial charge in [0.1, 0.15) is 0 Å². The van der Waals surface area contributed by atoms with Gasteiger partial charge in [-0.15, -0.1) is 0 Å². The summed E-state index contributed by atoms with van der Waals surface area (Å²) in [6.45, 7) is 2.30. The predicted molar refractivity (Wildman–Crippen MR) is 103 cm³/mol. The summed E-state index contributed by atoms with van der Waals surface area (Å²) in [4.78, 5) is 18.9. The molecule has 27 heavy (non-hydrogen) atoms. The van der Waals surface area contributed by atoms with Gasteiger partial charge in [0.25, 0.3) is 5.91 Å². The molecule has 0 saturated heterocycles. The Balaban J connectivity index is 1.48. The van der Waals surface area contributed by atoms with Gasteiger partial charge in [0.05, 0.1) is 6.54 Å². The fourth-order valence-corrected chi connectivity index (χ4v) is 3.61. The Labute approximate surface area is 159 Å². The number of carbonyl (C=O) groups is 1. The Kier molecular flexibility index (Phi) is 4.75. The summed E-state index contributed by atoms with van der Waals surface area (Å²) in [5, 5.41) is 4.07. The first-order valence-electron chi connectivity index (χ1n) is 9.37. The number of carbonyl (C=O) groups excluding carboxylic acids is 1. The highest BCUT2D eigenvalue weighted by Crippen LogP contribution is 2.23. The summed E-state index contributed by atoms with van der Waals surface area (Å²) >= 11 is 0. The van der Waals surface area contributed by atoms with Gasteiger partial charge in [-0.05, 0) is 61.4 Å². The van der Waals surface area contributed by atoms with E-state index in [0.717, 1.165) is 29.5 Å². The third-order valence-corrected chi connectivity index (χ3v) is 5.17. The topological polar surface area (TPSA) is 59.2 Å². The number of nitrogens with zero attached hydrogens (tertiary/aromatic N) is 3. The molecule has 0 spiro atoms. The zero-order chi connectivity index (χ0) is 18.8. The van der Waals surface area contributed by atoms with Gasteiger partial charge in [0.2, 0.25) is 11.7 Å². The fraction of sp³-hybridized carbons (Fsp3) is 0.318. The third kappa shape index (κ3) is 3.63. The van der Waals surface area contributed by atoms with Crippen molar-refractivity contribution in [1.82, 2.24) is 15.0 Å². The van der Waals surface area contributed by atoms with E-state index in [9.17, 15) is 4.79 Å². The summed E-state index contributed by atoms with van der Waals surface area (Å²) in [7, 11) is 1.76. The van der Waals surface area contributed by atoms with Gasteiger partial charge in [0, 0.05) is 18.2 Å². The number of fused-ring (bicyclic) bond motifs is 1. The lowest BCUT2D eigenvalue weighted by atomic mass is 9.90. The van der Waals surface area contributed by atoms with Crippen LogP contribution < -0.4 is 0 Å². The van der Waals surface area contributed by atoms with Crippen LogP contribution in [0.15, 0.2) is 47.0 Å². The van der Waals surface area contributed by atoms with Crippen LogP contribution in [0.25, 0.3) is 11.4 Å². The monoisotopic (exact) mass is 361 g/mol. The molecule has 0 unspecified atom stereocenters. The van der Waals surface area contributed by atoms with E-state index >= 15 is 0 Å². The molecule has 138 valence electrons. The molecular weight excluding hydrogens is 338 g/mol. The highest BCUT2D eigenvalue weighted by molar-refractivity contribution is 5.94. The molecule has 0 fully saturated rings. The molecule has 0 saturated carbocycles. The van der Waals surface area contributed by atoms with Crippen LogP contribution in [-0.2, 0) is 19.4 Å². The largest absolute Gasteiger partial charge is 0.337 e. The molecule has 0 radical (unpaired) electrons. The molecule has 1 aromatic heterocycles. The fourth-order valence-electron chi connectivity index (χ4n) is 3.61. The standard InChI is InChI=1S/C22H23N3O2/c1-15-7-3-6-10-19(15)21-23-20(27-24-21)14-25(2)22(26)18-12-11-16-8-4-5-9-17(16)13-18/h3,6-7,10-13H,4-5,8-9,14H2,1-2H3. The Morgan fingerprint density at radius 1 is 1.11 bits per heavy atom. The molecule has 1 aliphatic carbocycles. The molecule has 1 amide bonds. The van der Waals surface area contributed by atoms with Crippen molar-refractivity contribution < 1.29 is 9.32 Å². The van der Waals surface area contributed by atoms with E-state index in [1.165, 1.54) is 24.0 Å². The van der Waals surface area contributed by atoms with Crippen LogP contribution in [0.2, 0.25) is 0 Å². The SMILES string of the molecule is Cc1ccccc1-c1noc(CN(C)C(=O)c2ccc3c(c2)CCCC3)n1. The number of aryl methyl sites for hydroxylation is 3. The van der Waals surface area contributed by atoms with Crippen molar-refractivity contribution in [2.24, 2.45) is 0 Å². The van der Waals surface area contributed by atoms with Gasteiger partial charge in [-0.2, -0.15) is 4.98 Å². The minimum Gasteiger partial charge on any atom is -0.337 e. The predicted octanol–water partition coefficient (Wildman–Crippen LogP) is 4.20. The van der Waals surface area contributed by atoms with Crippen LogP contribution in [0.1, 0.15) is 45.8 Å². The maximum atomic E-state index is 12.8. The lowest BCUT2D eigenvalue weighted by molar-refractivity contribution is 0.0769. The molecule has 3 aromatic rings. The summed E-state index contributed by atoms with van der Waals surface area (Å²) in [6.07, 6.45) is 4.61. The zero-order valence-corrected chi connectivity index (χ0v) is 15.7. The third-order valence-electron chi connectivity index (χ3n) is 5.17. The van der Waals surface area contributed by atoms with E-state index < -0.39 is 0 Å². The Bertz CT molecular complexity index is 977. The summed E-state index contributed by atoms with van der Waals surface area (Å²) in [5.74, 6) is 0.957. The molecule has 1 heterocycles. The Morgan fingerprint density at radius 2 is 1.89 bits per heavy atom. The molecule has 0 N–H and O–H groups in total. The van der Waals surface area contributed by atoms with Gasteiger partial charge in [-0.25, -0.2) is 0 Å². The van der Waals surface area contributed by atoms with Crippen LogP contribution in [-0.4, -0.2) is 28.0 Å². The lowest BCUT2D eigenvalue weighted by Crippen LogP contribution is -2.26. The van der Waals surface area contributed by atoms with Gasteiger partial charge < -0.3 is 9.42 Å². The maximum Gasteiger partial charge on any atom is 0.254 e. The van der Waals surface area contributed by atoms with Crippen LogP contribution in [0, 0.1) is 6.92 Å². The van der Waals surface area contributed by atoms with Crippen LogP contribution in [0.4, 0.5) is 0 Å². The number of amides is 1. The van der Waals surface area contributed by atoms with E-state index in [-0.39, 0.29) is 12.5 Å². The van der Waals surface area contributed by atoms with Crippen molar-refractivity contribution in [3.05, 3.63) is 70.6 Å². The van der Waals surface area contributed by atoms with Crippen molar-refractivity contribution in [3.63, 3.8) is 0 Å². The van der Waals surface area contributed by atoms with Crippen LogP contribution in [0.3, 0.4) is 0 Å². The minimum absolute atomic E-state index is 0.0287. The highest BCUT2D eigenvalue weighted by atomic mass is 16.5. The summed E-state index contributed by atoms with van der Waals surface area (Å²) < 4.78 is 5.37. The molecule has 1 aliphatic rings. The highest BCUT2D eigenvalue weighted by Gasteiger charge is 2.18. The summed E-state index contributed by atoms with van der Waals surface area (Å²) in [6, 6.07) is 14.0. The lowest BCUT2D eigenvalue weighted by Gasteiger charge is -2.19. The normalized spacial score (nSPS) is 13.3.